The quantitative estimate of drug-likeness (QED) is 0.567. The number of fused-ring (bicyclic) bond motifs is 1. The number of aromatic hydroxyl groups is 1. The van der Waals surface area contributed by atoms with E-state index in [1.807, 2.05) is 6.07 Å². The molecular weight excluding hydrogens is 420 g/mol. The Balaban J connectivity index is 1.75. The fourth-order valence-electron chi connectivity index (χ4n) is 3.48. The predicted molar refractivity (Wildman–Crippen MR) is 117 cm³/mol. The van der Waals surface area contributed by atoms with Crippen LogP contribution in [0.3, 0.4) is 0 Å². The van der Waals surface area contributed by atoms with Gasteiger partial charge in [-0.05, 0) is 49.4 Å². The van der Waals surface area contributed by atoms with Crippen LogP contribution in [0.2, 0.25) is 5.02 Å². The van der Waals surface area contributed by atoms with Crippen molar-refractivity contribution in [2.75, 3.05) is 32.9 Å². The highest BCUT2D eigenvalue weighted by atomic mass is 35.5. The molecule has 1 aromatic heterocycles. The average Bonchev–Trinajstić information content (AvgIpc) is 2.78. The van der Waals surface area contributed by atoms with Gasteiger partial charge in [-0.1, -0.05) is 11.6 Å². The third-order valence-electron chi connectivity index (χ3n) is 5.02. The molecule has 7 nitrogen and oxygen atoms in total. The van der Waals surface area contributed by atoms with Crippen LogP contribution in [-0.4, -0.2) is 53.9 Å². The molecule has 1 fully saturated rings. The van der Waals surface area contributed by atoms with Crippen LogP contribution in [-0.2, 0) is 16.0 Å². The number of aromatic nitrogens is 1. The summed E-state index contributed by atoms with van der Waals surface area (Å²) in [6, 6.07) is 12.3. The topological polar surface area (TPSA) is 81.1 Å². The van der Waals surface area contributed by atoms with Crippen molar-refractivity contribution >= 4 is 28.3 Å². The fourth-order valence-corrected chi connectivity index (χ4v) is 3.61. The Hall–Kier alpha value is -2.87. The zero-order chi connectivity index (χ0) is 21.8. The minimum atomic E-state index is -0.647. The molecule has 0 unspecified atom stereocenters. The van der Waals surface area contributed by atoms with Crippen LogP contribution in [0.25, 0.3) is 10.8 Å². The van der Waals surface area contributed by atoms with Crippen molar-refractivity contribution in [1.82, 2.24) is 9.88 Å². The second-order valence-corrected chi connectivity index (χ2v) is 7.56. The molecule has 1 aliphatic rings. The van der Waals surface area contributed by atoms with E-state index >= 15 is 0 Å². The summed E-state index contributed by atoms with van der Waals surface area (Å²) in [4.78, 5) is 19.1. The van der Waals surface area contributed by atoms with Crippen LogP contribution in [0.15, 0.2) is 42.5 Å². The minimum Gasteiger partial charge on any atom is -0.505 e. The maximum absolute atomic E-state index is 12.4. The molecule has 0 atom stereocenters. The molecule has 1 N–H and O–H groups in total. The zero-order valence-corrected chi connectivity index (χ0v) is 17.9. The molecule has 0 aliphatic carbocycles. The molecule has 31 heavy (non-hydrogen) atoms. The number of morpholine rings is 1. The normalized spacial score (nSPS) is 14.5. The molecule has 4 rings (SSSR count). The molecule has 8 heteroatoms. The van der Waals surface area contributed by atoms with Crippen molar-refractivity contribution in [3.63, 3.8) is 0 Å². The van der Waals surface area contributed by atoms with Gasteiger partial charge in [-0.25, -0.2) is 9.78 Å². The number of hydrogen-bond acceptors (Lipinski definition) is 7. The third kappa shape index (κ3) is 4.90. The highest BCUT2D eigenvalue weighted by molar-refractivity contribution is 6.30. The van der Waals surface area contributed by atoms with E-state index in [0.717, 1.165) is 13.1 Å². The Morgan fingerprint density at radius 2 is 1.84 bits per heavy atom. The number of carbonyl (C=O) groups is 1. The average molecular weight is 443 g/mol. The molecule has 162 valence electrons. The molecule has 0 spiro atoms. The van der Waals surface area contributed by atoms with Gasteiger partial charge in [-0.15, -0.1) is 0 Å². The smallest absolute Gasteiger partial charge is 0.360 e. The second kappa shape index (κ2) is 9.51. The Morgan fingerprint density at radius 1 is 1.13 bits per heavy atom. The Kier molecular flexibility index (Phi) is 6.56. The summed E-state index contributed by atoms with van der Waals surface area (Å²) in [5, 5.41) is 12.6. The van der Waals surface area contributed by atoms with Gasteiger partial charge >= 0.3 is 5.97 Å². The Labute approximate surface area is 185 Å². The first-order valence-corrected chi connectivity index (χ1v) is 10.5. The van der Waals surface area contributed by atoms with Crippen molar-refractivity contribution in [2.24, 2.45) is 0 Å². The van der Waals surface area contributed by atoms with Gasteiger partial charge in [0.25, 0.3) is 0 Å². The molecule has 1 saturated heterocycles. The molecule has 0 amide bonds. The number of esters is 1. The molecule has 0 bridgehead atoms. The molecule has 0 radical (unpaired) electrons. The number of benzene rings is 2. The SMILES string of the molecule is CCOC(=O)c1nc(CN2CCOCC2)c2cc(Oc3ccc(Cl)cc3)ccc2c1O. The van der Waals surface area contributed by atoms with Gasteiger partial charge in [-0.2, -0.15) is 0 Å². The van der Waals surface area contributed by atoms with Crippen molar-refractivity contribution in [2.45, 2.75) is 13.5 Å². The van der Waals surface area contributed by atoms with E-state index in [1.54, 1.807) is 43.3 Å². The van der Waals surface area contributed by atoms with E-state index in [2.05, 4.69) is 9.88 Å². The van der Waals surface area contributed by atoms with Crippen LogP contribution >= 0.6 is 11.6 Å². The second-order valence-electron chi connectivity index (χ2n) is 7.13. The summed E-state index contributed by atoms with van der Waals surface area (Å²) in [5.74, 6) is 0.380. The van der Waals surface area contributed by atoms with Crippen molar-refractivity contribution < 1.29 is 24.1 Å². The number of rotatable bonds is 6. The highest BCUT2D eigenvalue weighted by Crippen LogP contribution is 2.35. The van der Waals surface area contributed by atoms with Crippen molar-refractivity contribution in [3.8, 4) is 17.2 Å². The van der Waals surface area contributed by atoms with E-state index in [4.69, 9.17) is 25.8 Å². The first-order valence-electron chi connectivity index (χ1n) is 10.1. The number of halogens is 1. The summed E-state index contributed by atoms with van der Waals surface area (Å²) in [6.45, 7) is 5.24. The number of ether oxygens (including phenoxy) is 3. The van der Waals surface area contributed by atoms with Gasteiger partial charge in [0.1, 0.15) is 11.5 Å². The summed E-state index contributed by atoms with van der Waals surface area (Å²) in [6.07, 6.45) is 0. The van der Waals surface area contributed by atoms with Crippen LogP contribution in [0, 0.1) is 0 Å². The number of hydrogen-bond donors (Lipinski definition) is 1. The van der Waals surface area contributed by atoms with Crippen LogP contribution in [0.5, 0.6) is 17.2 Å². The molecule has 2 aromatic carbocycles. The molecule has 1 aliphatic heterocycles. The van der Waals surface area contributed by atoms with Crippen molar-refractivity contribution in [1.29, 1.82) is 0 Å². The zero-order valence-electron chi connectivity index (χ0n) is 17.1. The van der Waals surface area contributed by atoms with Gasteiger partial charge in [-0.3, -0.25) is 4.90 Å². The number of nitrogens with zero attached hydrogens (tertiary/aromatic N) is 2. The number of pyridine rings is 1. The van der Waals surface area contributed by atoms with Gasteiger partial charge in [0.15, 0.2) is 11.4 Å². The molecule has 0 saturated carbocycles. The lowest BCUT2D eigenvalue weighted by molar-refractivity contribution is 0.0336. The summed E-state index contributed by atoms with van der Waals surface area (Å²) in [5.41, 5.74) is 0.586. The summed E-state index contributed by atoms with van der Waals surface area (Å²) >= 11 is 5.94. The van der Waals surface area contributed by atoms with Crippen molar-refractivity contribution in [3.05, 3.63) is 58.9 Å². The number of carbonyl (C=O) groups excluding carboxylic acids is 1. The summed E-state index contributed by atoms with van der Waals surface area (Å²) in [7, 11) is 0. The van der Waals surface area contributed by atoms with E-state index in [9.17, 15) is 9.90 Å². The van der Waals surface area contributed by atoms with Crippen LogP contribution < -0.4 is 4.74 Å². The first-order chi connectivity index (χ1) is 15.0. The third-order valence-corrected chi connectivity index (χ3v) is 5.28. The lowest BCUT2D eigenvalue weighted by atomic mass is 10.1. The fraction of sp³-hybridized carbons (Fsp3) is 0.304. The molecular formula is C23H23ClN2O5. The maximum Gasteiger partial charge on any atom is 0.360 e. The molecule has 3 aromatic rings. The minimum absolute atomic E-state index is 0.0796. The maximum atomic E-state index is 12.4. The monoisotopic (exact) mass is 442 g/mol. The Morgan fingerprint density at radius 3 is 2.55 bits per heavy atom. The standard InChI is InChI=1S/C23H23ClN2O5/c1-2-30-23(28)21-22(27)18-8-7-17(31-16-5-3-15(24)4-6-16)13-19(18)20(25-21)14-26-9-11-29-12-10-26/h3-8,13,27H,2,9-12,14H2,1H3. The van der Waals surface area contributed by atoms with Crippen LogP contribution in [0.4, 0.5) is 0 Å². The Bertz CT molecular complexity index is 1080. The van der Waals surface area contributed by atoms with E-state index in [1.165, 1.54) is 0 Å². The first kappa shape index (κ1) is 21.4. The van der Waals surface area contributed by atoms with E-state index < -0.39 is 5.97 Å². The van der Waals surface area contributed by atoms with Gasteiger partial charge < -0.3 is 19.3 Å². The highest BCUT2D eigenvalue weighted by Gasteiger charge is 2.22. The van der Waals surface area contributed by atoms with E-state index in [-0.39, 0.29) is 18.1 Å². The van der Waals surface area contributed by atoms with E-state index in [0.29, 0.717) is 52.7 Å². The largest absolute Gasteiger partial charge is 0.505 e. The summed E-state index contributed by atoms with van der Waals surface area (Å²) < 4.78 is 16.5. The molecule has 2 heterocycles. The van der Waals surface area contributed by atoms with Crippen LogP contribution in [0.1, 0.15) is 23.1 Å². The van der Waals surface area contributed by atoms with Gasteiger partial charge in [0, 0.05) is 35.4 Å². The van der Waals surface area contributed by atoms with Gasteiger partial charge in [0.05, 0.1) is 25.5 Å². The predicted octanol–water partition coefficient (Wildman–Crippen LogP) is 4.40. The lowest BCUT2D eigenvalue weighted by Gasteiger charge is -2.27. The lowest BCUT2D eigenvalue weighted by Crippen LogP contribution is -2.36. The van der Waals surface area contributed by atoms with Gasteiger partial charge in [0.2, 0.25) is 0 Å².